The molecule has 0 unspecified atom stereocenters. The molecule has 0 bridgehead atoms. The van der Waals surface area contributed by atoms with Gasteiger partial charge in [0.15, 0.2) is 5.65 Å². The number of benzene rings is 1. The second-order valence-electron chi connectivity index (χ2n) is 9.11. The first-order valence-corrected chi connectivity index (χ1v) is 10.8. The molecule has 7 nitrogen and oxygen atoms in total. The predicted octanol–water partition coefficient (Wildman–Crippen LogP) is 4.32. The summed E-state index contributed by atoms with van der Waals surface area (Å²) in [5.74, 6) is -2.29. The summed E-state index contributed by atoms with van der Waals surface area (Å²) in [6.07, 6.45) is 5.52. The first-order valence-electron chi connectivity index (χ1n) is 10.8. The predicted molar refractivity (Wildman–Crippen MR) is 117 cm³/mol. The summed E-state index contributed by atoms with van der Waals surface area (Å²) in [6.45, 7) is 4.69. The molecular formula is C23H25F2N5O2. The number of hydrogen-bond donors (Lipinski definition) is 1. The number of alkyl halides is 2. The smallest absolute Gasteiger partial charge is 0.261 e. The van der Waals surface area contributed by atoms with Crippen molar-refractivity contribution in [3.05, 3.63) is 47.9 Å². The van der Waals surface area contributed by atoms with E-state index >= 15 is 0 Å². The van der Waals surface area contributed by atoms with Crippen molar-refractivity contribution in [2.45, 2.75) is 51.1 Å². The van der Waals surface area contributed by atoms with E-state index in [9.17, 15) is 13.6 Å². The third-order valence-corrected chi connectivity index (χ3v) is 6.01. The van der Waals surface area contributed by atoms with Crippen molar-refractivity contribution in [3.63, 3.8) is 0 Å². The molecule has 9 heteroatoms. The lowest BCUT2D eigenvalue weighted by atomic mass is 10.0. The summed E-state index contributed by atoms with van der Waals surface area (Å²) in [7, 11) is 0. The fraction of sp³-hybridized carbons (Fsp3) is 0.435. The van der Waals surface area contributed by atoms with Gasteiger partial charge in [-0.15, -0.1) is 0 Å². The van der Waals surface area contributed by atoms with Gasteiger partial charge in [0.2, 0.25) is 5.92 Å². The largest absolute Gasteiger partial charge is 0.487 e. The van der Waals surface area contributed by atoms with Crippen molar-refractivity contribution >= 4 is 22.9 Å². The summed E-state index contributed by atoms with van der Waals surface area (Å²) in [4.78, 5) is 19.3. The lowest BCUT2D eigenvalue weighted by Gasteiger charge is -2.26. The van der Waals surface area contributed by atoms with Gasteiger partial charge in [-0.25, -0.2) is 18.3 Å². The molecule has 1 fully saturated rings. The number of nitrogens with one attached hydrogen (secondary N) is 1. The van der Waals surface area contributed by atoms with E-state index in [0.717, 1.165) is 11.3 Å². The van der Waals surface area contributed by atoms with Crippen LogP contribution >= 0.6 is 0 Å². The summed E-state index contributed by atoms with van der Waals surface area (Å²) in [6, 6.07) is 5.51. The topological polar surface area (TPSA) is 71.8 Å². The summed E-state index contributed by atoms with van der Waals surface area (Å²) >= 11 is 0. The van der Waals surface area contributed by atoms with Crippen molar-refractivity contribution in [1.29, 1.82) is 0 Å². The summed E-state index contributed by atoms with van der Waals surface area (Å²) < 4.78 is 35.6. The van der Waals surface area contributed by atoms with Gasteiger partial charge < -0.3 is 15.0 Å². The highest BCUT2D eigenvalue weighted by Crippen LogP contribution is 2.43. The molecule has 0 saturated carbocycles. The van der Waals surface area contributed by atoms with Crippen LogP contribution in [0, 0.1) is 0 Å². The van der Waals surface area contributed by atoms with Gasteiger partial charge in [0.05, 0.1) is 17.6 Å². The Kier molecular flexibility index (Phi) is 4.79. The van der Waals surface area contributed by atoms with Crippen LogP contribution in [-0.2, 0) is 6.42 Å². The number of rotatable bonds is 3. The van der Waals surface area contributed by atoms with Gasteiger partial charge in [0, 0.05) is 56.4 Å². The van der Waals surface area contributed by atoms with Crippen LogP contribution in [0.4, 0.5) is 20.2 Å². The Morgan fingerprint density at radius 2 is 2.06 bits per heavy atom. The number of fused-ring (bicyclic) bond motifs is 2. The fourth-order valence-corrected chi connectivity index (χ4v) is 4.48. The van der Waals surface area contributed by atoms with E-state index in [2.05, 4.69) is 15.4 Å². The van der Waals surface area contributed by atoms with Gasteiger partial charge in [-0.1, -0.05) is 0 Å². The SMILES string of the molecule is CC1(C)Cc2cc(NC(=O)c3cnn4cccnc34)c(N3CCCC(F)(F)CC3)cc2O1. The van der Waals surface area contributed by atoms with E-state index in [4.69, 9.17) is 4.74 Å². The number of nitrogens with zero attached hydrogens (tertiary/aromatic N) is 4. The Hall–Kier alpha value is -3.23. The number of anilines is 2. The van der Waals surface area contributed by atoms with E-state index in [1.807, 2.05) is 30.9 Å². The highest BCUT2D eigenvalue weighted by Gasteiger charge is 2.35. The monoisotopic (exact) mass is 441 g/mol. The maximum absolute atomic E-state index is 14.0. The third-order valence-electron chi connectivity index (χ3n) is 6.01. The van der Waals surface area contributed by atoms with E-state index in [1.54, 1.807) is 18.5 Å². The Morgan fingerprint density at radius 1 is 1.22 bits per heavy atom. The minimum atomic E-state index is -2.67. The van der Waals surface area contributed by atoms with Gasteiger partial charge >= 0.3 is 0 Å². The van der Waals surface area contributed by atoms with Crippen LogP contribution in [-0.4, -0.2) is 45.1 Å². The molecule has 1 saturated heterocycles. The lowest BCUT2D eigenvalue weighted by molar-refractivity contribution is -0.0102. The van der Waals surface area contributed by atoms with Crippen molar-refractivity contribution in [2.75, 3.05) is 23.3 Å². The van der Waals surface area contributed by atoms with Gasteiger partial charge in [0.1, 0.15) is 16.9 Å². The molecular weight excluding hydrogens is 416 g/mol. The lowest BCUT2D eigenvalue weighted by Crippen LogP contribution is -2.27. The number of ether oxygens (including phenoxy) is 1. The Balaban J connectivity index is 1.51. The Morgan fingerprint density at radius 3 is 2.91 bits per heavy atom. The van der Waals surface area contributed by atoms with Gasteiger partial charge in [-0.05, 0) is 32.4 Å². The van der Waals surface area contributed by atoms with E-state index in [-0.39, 0.29) is 30.9 Å². The molecule has 0 radical (unpaired) electrons. The van der Waals surface area contributed by atoms with Gasteiger partial charge in [-0.3, -0.25) is 4.79 Å². The molecule has 2 aliphatic heterocycles. The number of carbonyl (C=O) groups is 1. The van der Waals surface area contributed by atoms with E-state index in [0.29, 0.717) is 42.0 Å². The standard InChI is InChI=1S/C23H25F2N5O2/c1-22(2)13-15-11-17(28-21(31)16-14-27-30-9-4-7-26-20(16)30)18(12-19(15)32-22)29-8-3-5-23(24,25)6-10-29/h4,7,9,11-12,14H,3,5-6,8,10,13H2,1-2H3,(H,28,31). The second-order valence-corrected chi connectivity index (χ2v) is 9.11. The van der Waals surface area contributed by atoms with Crippen LogP contribution in [0.2, 0.25) is 0 Å². The molecule has 1 N–H and O–H groups in total. The zero-order valence-corrected chi connectivity index (χ0v) is 18.1. The molecule has 4 heterocycles. The maximum atomic E-state index is 14.0. The number of halogens is 2. The number of amides is 1. The number of aromatic nitrogens is 3. The second kappa shape index (κ2) is 7.43. The average Bonchev–Trinajstić information content (AvgIpc) is 3.23. The van der Waals surface area contributed by atoms with Gasteiger partial charge in [0.25, 0.3) is 5.91 Å². The van der Waals surface area contributed by atoms with Gasteiger partial charge in [-0.2, -0.15) is 5.10 Å². The Labute approximate surface area is 184 Å². The van der Waals surface area contributed by atoms with Crippen LogP contribution in [0.3, 0.4) is 0 Å². The molecule has 0 atom stereocenters. The van der Waals surface area contributed by atoms with Crippen LogP contribution in [0.15, 0.2) is 36.8 Å². The molecule has 2 aliphatic rings. The third kappa shape index (κ3) is 3.87. The van der Waals surface area contributed by atoms with E-state index < -0.39 is 5.92 Å². The molecule has 32 heavy (non-hydrogen) atoms. The average molecular weight is 441 g/mol. The van der Waals surface area contributed by atoms with Crippen LogP contribution < -0.4 is 15.0 Å². The van der Waals surface area contributed by atoms with Crippen molar-refractivity contribution in [2.24, 2.45) is 0 Å². The fourth-order valence-electron chi connectivity index (χ4n) is 4.48. The Bertz CT molecular complexity index is 1190. The van der Waals surface area contributed by atoms with Crippen LogP contribution in [0.25, 0.3) is 5.65 Å². The van der Waals surface area contributed by atoms with E-state index in [1.165, 1.54) is 10.7 Å². The zero-order valence-electron chi connectivity index (χ0n) is 18.1. The molecule has 1 aromatic carbocycles. The maximum Gasteiger partial charge on any atom is 0.261 e. The molecule has 0 spiro atoms. The first-order chi connectivity index (χ1) is 15.2. The molecule has 3 aromatic rings. The highest BCUT2D eigenvalue weighted by atomic mass is 19.3. The molecule has 168 valence electrons. The van der Waals surface area contributed by atoms with Crippen molar-refractivity contribution < 1.29 is 18.3 Å². The number of hydrogen-bond acceptors (Lipinski definition) is 5. The minimum absolute atomic E-state index is 0.131. The van der Waals surface area contributed by atoms with Crippen molar-refractivity contribution in [1.82, 2.24) is 14.6 Å². The molecule has 5 rings (SSSR count). The molecule has 2 aromatic heterocycles. The highest BCUT2D eigenvalue weighted by molar-refractivity contribution is 6.09. The minimum Gasteiger partial charge on any atom is -0.487 e. The summed E-state index contributed by atoms with van der Waals surface area (Å²) in [5.41, 5.74) is 2.68. The van der Waals surface area contributed by atoms with Crippen LogP contribution in [0.1, 0.15) is 49.0 Å². The zero-order chi connectivity index (χ0) is 22.5. The molecule has 1 amide bonds. The quantitative estimate of drug-likeness (QED) is 0.656. The normalized spacial score (nSPS) is 19.3. The number of carbonyl (C=O) groups excluding carboxylic acids is 1. The van der Waals surface area contributed by atoms with Crippen molar-refractivity contribution in [3.8, 4) is 5.75 Å². The first kappa shape index (κ1) is 20.7. The summed E-state index contributed by atoms with van der Waals surface area (Å²) in [5, 5.41) is 7.16. The van der Waals surface area contributed by atoms with Crippen LogP contribution in [0.5, 0.6) is 5.75 Å². The molecule has 0 aliphatic carbocycles.